The van der Waals surface area contributed by atoms with Gasteiger partial charge < -0.3 is 10.5 Å². The monoisotopic (exact) mass is 511 g/mol. The Morgan fingerprint density at radius 3 is 2.61 bits per heavy atom. The van der Waals surface area contributed by atoms with Crippen LogP contribution in [0, 0.1) is 29.1 Å². The molecule has 0 aliphatic carbocycles. The van der Waals surface area contributed by atoms with E-state index in [1.807, 2.05) is 36.4 Å². The lowest BCUT2D eigenvalue weighted by Crippen LogP contribution is -2.47. The van der Waals surface area contributed by atoms with Crippen LogP contribution in [0.1, 0.15) is 37.0 Å². The molecule has 174 valence electrons. The van der Waals surface area contributed by atoms with Gasteiger partial charge in [0, 0.05) is 10.4 Å². The van der Waals surface area contributed by atoms with Crippen molar-refractivity contribution in [2.24, 2.45) is 23.5 Å². The molecule has 7 heteroatoms. The maximum absolute atomic E-state index is 13.9. The van der Waals surface area contributed by atoms with Crippen LogP contribution in [0.15, 0.2) is 53.0 Å². The number of carbonyl (C=O) groups is 2. The van der Waals surface area contributed by atoms with E-state index >= 15 is 0 Å². The summed E-state index contributed by atoms with van der Waals surface area (Å²) in [5, 5.41) is 9.18. The molecule has 2 aromatic rings. The quantitative estimate of drug-likeness (QED) is 0.526. The van der Waals surface area contributed by atoms with Crippen molar-refractivity contribution < 1.29 is 14.3 Å². The lowest BCUT2D eigenvalue weighted by Gasteiger charge is -2.33. The fraction of sp³-hybridized carbons (Fsp3) is 0.423. The van der Waals surface area contributed by atoms with Gasteiger partial charge in [-0.3, -0.25) is 4.79 Å². The van der Waals surface area contributed by atoms with Crippen molar-refractivity contribution in [1.29, 1.82) is 5.26 Å². The van der Waals surface area contributed by atoms with Crippen molar-refractivity contribution in [3.05, 3.63) is 69.7 Å². The number of nitrogens with zero attached hydrogens (tertiary/aromatic N) is 2. The summed E-state index contributed by atoms with van der Waals surface area (Å²) in [4.78, 5) is 27.9. The molecular weight excluding hydrogens is 482 g/mol. The molecule has 0 radical (unpaired) electrons. The molecule has 6 nitrogen and oxygen atoms in total. The van der Waals surface area contributed by atoms with E-state index in [0.717, 1.165) is 15.6 Å². The lowest BCUT2D eigenvalue weighted by atomic mass is 9.77. The van der Waals surface area contributed by atoms with Gasteiger partial charge in [0.1, 0.15) is 6.61 Å². The third-order valence-corrected chi connectivity index (χ3v) is 7.06. The number of hydrogen-bond acceptors (Lipinski definition) is 5. The number of halogens is 1. The van der Waals surface area contributed by atoms with Crippen LogP contribution in [0.3, 0.4) is 0 Å². The molecular formula is C26H30BrN3O3. The first-order chi connectivity index (χ1) is 15.8. The van der Waals surface area contributed by atoms with Crippen molar-refractivity contribution in [2.75, 3.05) is 13.2 Å². The van der Waals surface area contributed by atoms with Gasteiger partial charge in [-0.15, -0.1) is 0 Å². The molecule has 0 spiro atoms. The number of hydrogen-bond donors (Lipinski definition) is 1. The number of carbonyl (C=O) groups excluding carboxylic acids is 2. The van der Waals surface area contributed by atoms with Gasteiger partial charge in [0.2, 0.25) is 5.91 Å². The van der Waals surface area contributed by atoms with E-state index < -0.39 is 12.0 Å². The SMILES string of the molecule is CC(C)[C@H](CCN)[C@H](Cc1ccc(C#N)cc1Br)C(=O)N1C(=O)OC[C@@H]1Cc1ccccc1. The highest BCUT2D eigenvalue weighted by Gasteiger charge is 2.43. The second kappa shape index (κ2) is 11.4. The van der Waals surface area contributed by atoms with E-state index in [9.17, 15) is 14.9 Å². The number of nitrogens with two attached hydrogens (primary N) is 1. The average molecular weight is 512 g/mol. The molecule has 0 unspecified atom stereocenters. The Balaban J connectivity index is 1.93. The van der Waals surface area contributed by atoms with E-state index in [-0.39, 0.29) is 30.4 Å². The summed E-state index contributed by atoms with van der Waals surface area (Å²) in [5.74, 6) is -0.467. The van der Waals surface area contributed by atoms with Crippen LogP contribution >= 0.6 is 15.9 Å². The lowest BCUT2D eigenvalue weighted by molar-refractivity contribution is -0.136. The highest BCUT2D eigenvalue weighted by Crippen LogP contribution is 2.33. The fourth-order valence-corrected chi connectivity index (χ4v) is 5.12. The topological polar surface area (TPSA) is 96.4 Å². The van der Waals surface area contributed by atoms with Gasteiger partial charge in [0.25, 0.3) is 0 Å². The van der Waals surface area contributed by atoms with Crippen LogP contribution < -0.4 is 5.73 Å². The summed E-state index contributed by atoms with van der Waals surface area (Å²) < 4.78 is 6.10. The Labute approximate surface area is 203 Å². The number of cyclic esters (lactones) is 1. The van der Waals surface area contributed by atoms with Crippen LogP contribution in [0.25, 0.3) is 0 Å². The molecule has 0 saturated carbocycles. The Bertz CT molecular complexity index is 1020. The van der Waals surface area contributed by atoms with E-state index in [4.69, 9.17) is 10.5 Å². The maximum Gasteiger partial charge on any atom is 0.416 e. The molecule has 2 aromatic carbocycles. The molecule has 2 N–H and O–H groups in total. The van der Waals surface area contributed by atoms with Gasteiger partial charge in [0.05, 0.1) is 17.7 Å². The first-order valence-corrected chi connectivity index (χ1v) is 12.1. The third kappa shape index (κ3) is 6.01. The Morgan fingerprint density at radius 1 is 1.27 bits per heavy atom. The first-order valence-electron chi connectivity index (χ1n) is 11.3. The van der Waals surface area contributed by atoms with Crippen LogP contribution in [-0.4, -0.2) is 36.1 Å². The minimum atomic E-state index is -0.583. The standard InChI is InChI=1S/C26H30BrN3O3/c1-17(2)22(10-11-28)23(14-20-9-8-19(15-29)13-24(20)27)25(31)30-21(16-33-26(30)32)12-18-6-4-3-5-7-18/h3-9,13,17,21-23H,10-12,14,16,28H2,1-2H3/t21-,22-,23-/m0/s1. The Kier molecular flexibility index (Phi) is 8.65. The molecule has 1 fully saturated rings. The smallest absolute Gasteiger partial charge is 0.416 e. The van der Waals surface area contributed by atoms with Gasteiger partial charge >= 0.3 is 6.09 Å². The number of benzene rings is 2. The number of imide groups is 1. The molecule has 1 aliphatic heterocycles. The van der Waals surface area contributed by atoms with Gasteiger partial charge in [0.15, 0.2) is 0 Å². The Morgan fingerprint density at radius 2 is 2.00 bits per heavy atom. The van der Waals surface area contributed by atoms with E-state index in [1.54, 1.807) is 12.1 Å². The largest absolute Gasteiger partial charge is 0.447 e. The number of amides is 2. The highest BCUT2D eigenvalue weighted by molar-refractivity contribution is 9.10. The summed E-state index contributed by atoms with van der Waals surface area (Å²) in [5.41, 5.74) is 8.43. The fourth-order valence-electron chi connectivity index (χ4n) is 4.58. The predicted octanol–water partition coefficient (Wildman–Crippen LogP) is 4.69. The normalized spacial score (nSPS) is 17.5. The van der Waals surface area contributed by atoms with Crippen LogP contribution in [0.2, 0.25) is 0 Å². The van der Waals surface area contributed by atoms with Gasteiger partial charge in [-0.05, 0) is 60.9 Å². The first kappa shape index (κ1) is 24.9. The van der Waals surface area contributed by atoms with E-state index in [2.05, 4.69) is 35.8 Å². The minimum Gasteiger partial charge on any atom is -0.447 e. The zero-order valence-electron chi connectivity index (χ0n) is 19.0. The molecule has 0 aromatic heterocycles. The summed E-state index contributed by atoms with van der Waals surface area (Å²) in [6.45, 7) is 4.81. The summed E-state index contributed by atoms with van der Waals surface area (Å²) >= 11 is 3.55. The van der Waals surface area contributed by atoms with E-state index in [0.29, 0.717) is 31.4 Å². The molecule has 1 aliphatic rings. The van der Waals surface area contributed by atoms with Crippen molar-refractivity contribution in [1.82, 2.24) is 4.90 Å². The molecule has 1 saturated heterocycles. The molecule has 33 heavy (non-hydrogen) atoms. The summed E-state index contributed by atoms with van der Waals surface area (Å²) in [6, 6.07) is 17.0. The minimum absolute atomic E-state index is 0.00387. The molecule has 3 rings (SSSR count). The van der Waals surface area contributed by atoms with Crippen molar-refractivity contribution in [3.8, 4) is 6.07 Å². The highest BCUT2D eigenvalue weighted by atomic mass is 79.9. The predicted molar refractivity (Wildman–Crippen MR) is 130 cm³/mol. The third-order valence-electron chi connectivity index (χ3n) is 6.32. The van der Waals surface area contributed by atoms with Gasteiger partial charge in [-0.25, -0.2) is 9.69 Å². The van der Waals surface area contributed by atoms with E-state index in [1.165, 1.54) is 4.90 Å². The van der Waals surface area contributed by atoms with Crippen molar-refractivity contribution >= 4 is 27.9 Å². The van der Waals surface area contributed by atoms with Crippen LogP contribution in [0.4, 0.5) is 4.79 Å². The van der Waals surface area contributed by atoms with Gasteiger partial charge in [-0.2, -0.15) is 5.26 Å². The number of rotatable bonds is 9. The van der Waals surface area contributed by atoms with Crippen LogP contribution in [-0.2, 0) is 22.4 Å². The molecule has 2 amide bonds. The van der Waals surface area contributed by atoms with Crippen molar-refractivity contribution in [2.45, 2.75) is 39.2 Å². The second-order valence-electron chi connectivity index (χ2n) is 8.84. The molecule has 1 heterocycles. The maximum atomic E-state index is 13.9. The summed E-state index contributed by atoms with van der Waals surface area (Å²) in [7, 11) is 0. The zero-order chi connectivity index (χ0) is 24.0. The summed E-state index contributed by atoms with van der Waals surface area (Å²) in [6.07, 6.45) is 1.08. The van der Waals surface area contributed by atoms with Crippen LogP contribution in [0.5, 0.6) is 0 Å². The Hall–Kier alpha value is -2.69. The molecule has 0 bridgehead atoms. The number of ether oxygens (including phenoxy) is 1. The number of nitriles is 1. The van der Waals surface area contributed by atoms with Crippen molar-refractivity contribution in [3.63, 3.8) is 0 Å². The average Bonchev–Trinajstić information content (AvgIpc) is 3.16. The zero-order valence-corrected chi connectivity index (χ0v) is 20.6. The molecule has 3 atom stereocenters. The van der Waals surface area contributed by atoms with Gasteiger partial charge in [-0.1, -0.05) is 66.2 Å². The second-order valence-corrected chi connectivity index (χ2v) is 9.70.